The molecule has 0 bridgehead atoms. The van der Waals surface area contributed by atoms with Gasteiger partial charge in [0.15, 0.2) is 0 Å². The van der Waals surface area contributed by atoms with Crippen LogP contribution in [0, 0.1) is 13.8 Å². The quantitative estimate of drug-likeness (QED) is 0.562. The van der Waals surface area contributed by atoms with Crippen molar-refractivity contribution in [2.75, 3.05) is 5.32 Å². The predicted octanol–water partition coefficient (Wildman–Crippen LogP) is 4.48. The Morgan fingerprint density at radius 2 is 1.81 bits per heavy atom. The Balaban J connectivity index is 1.80. The first kappa shape index (κ1) is 19.9. The molecule has 136 valence electrons. The number of aryl methyl sites for hydroxylation is 1. The zero-order valence-corrected chi connectivity index (χ0v) is 16.0. The number of hydrogen-bond donors (Lipinski definition) is 2. The standard InChI is InChI=1S/C19H19Cl2N3O2/c1-12-4-3-5-17(13(12)2)23-18(25)8-9-19(26)24-22-11-14-6-7-15(20)10-16(14)21/h3-7,10-11H,8-9H2,1-2H3,(H,23,25)(H,24,26)/b22-11+. The van der Waals surface area contributed by atoms with Gasteiger partial charge in [-0.05, 0) is 43.2 Å². The van der Waals surface area contributed by atoms with Crippen LogP contribution in [-0.2, 0) is 9.59 Å². The Morgan fingerprint density at radius 1 is 1.08 bits per heavy atom. The van der Waals surface area contributed by atoms with Crippen LogP contribution in [0.1, 0.15) is 29.5 Å². The van der Waals surface area contributed by atoms with Crippen LogP contribution in [0.5, 0.6) is 0 Å². The molecule has 26 heavy (non-hydrogen) atoms. The van der Waals surface area contributed by atoms with Crippen LogP contribution in [-0.4, -0.2) is 18.0 Å². The summed E-state index contributed by atoms with van der Waals surface area (Å²) in [5.41, 5.74) is 5.86. The topological polar surface area (TPSA) is 70.6 Å². The molecule has 0 saturated heterocycles. The molecule has 0 atom stereocenters. The molecule has 2 aromatic rings. The van der Waals surface area contributed by atoms with E-state index in [0.29, 0.717) is 15.6 Å². The lowest BCUT2D eigenvalue weighted by Crippen LogP contribution is -2.21. The van der Waals surface area contributed by atoms with Crippen molar-refractivity contribution in [3.63, 3.8) is 0 Å². The second-order valence-corrected chi connectivity index (χ2v) is 6.60. The van der Waals surface area contributed by atoms with E-state index in [1.807, 2.05) is 32.0 Å². The van der Waals surface area contributed by atoms with Crippen LogP contribution in [0.2, 0.25) is 10.0 Å². The van der Waals surface area contributed by atoms with Gasteiger partial charge in [0.25, 0.3) is 0 Å². The molecule has 0 fully saturated rings. The summed E-state index contributed by atoms with van der Waals surface area (Å²) in [4.78, 5) is 23.8. The lowest BCUT2D eigenvalue weighted by atomic mass is 10.1. The molecule has 0 aromatic heterocycles. The number of halogens is 2. The minimum atomic E-state index is -0.359. The number of carbonyl (C=O) groups excluding carboxylic acids is 2. The van der Waals surface area contributed by atoms with Gasteiger partial charge in [-0.3, -0.25) is 9.59 Å². The average molecular weight is 392 g/mol. The molecule has 2 aromatic carbocycles. The fourth-order valence-electron chi connectivity index (χ4n) is 2.16. The van der Waals surface area contributed by atoms with Crippen LogP contribution in [0.25, 0.3) is 0 Å². The lowest BCUT2D eigenvalue weighted by molar-refractivity contribution is -0.124. The zero-order valence-electron chi connectivity index (χ0n) is 14.5. The van der Waals surface area contributed by atoms with Gasteiger partial charge in [-0.2, -0.15) is 5.10 Å². The Morgan fingerprint density at radius 3 is 2.54 bits per heavy atom. The highest BCUT2D eigenvalue weighted by atomic mass is 35.5. The van der Waals surface area contributed by atoms with Gasteiger partial charge in [0.1, 0.15) is 0 Å². The summed E-state index contributed by atoms with van der Waals surface area (Å²) in [7, 11) is 0. The summed E-state index contributed by atoms with van der Waals surface area (Å²) in [5, 5.41) is 7.60. The Bertz CT molecular complexity index is 851. The van der Waals surface area contributed by atoms with Gasteiger partial charge in [0, 0.05) is 29.1 Å². The molecule has 2 amide bonds. The summed E-state index contributed by atoms with van der Waals surface area (Å²) in [6, 6.07) is 10.6. The Labute approximate surface area is 162 Å². The smallest absolute Gasteiger partial charge is 0.240 e. The largest absolute Gasteiger partial charge is 0.326 e. The van der Waals surface area contributed by atoms with Crippen LogP contribution in [0.15, 0.2) is 41.5 Å². The average Bonchev–Trinajstić information content (AvgIpc) is 2.59. The maximum absolute atomic E-state index is 12.0. The normalized spacial score (nSPS) is 10.8. The van der Waals surface area contributed by atoms with Crippen molar-refractivity contribution in [3.8, 4) is 0 Å². The predicted molar refractivity (Wildman–Crippen MR) is 106 cm³/mol. The number of anilines is 1. The van der Waals surface area contributed by atoms with Gasteiger partial charge in [-0.1, -0.05) is 41.4 Å². The summed E-state index contributed by atoms with van der Waals surface area (Å²) < 4.78 is 0. The van der Waals surface area contributed by atoms with Crippen LogP contribution < -0.4 is 10.7 Å². The minimum absolute atomic E-state index is 0.0301. The van der Waals surface area contributed by atoms with Crippen molar-refractivity contribution in [1.29, 1.82) is 0 Å². The number of hydrazone groups is 1. The summed E-state index contributed by atoms with van der Waals surface area (Å²) in [6.45, 7) is 3.91. The maximum atomic E-state index is 12.0. The summed E-state index contributed by atoms with van der Waals surface area (Å²) in [6.07, 6.45) is 1.52. The van der Waals surface area contributed by atoms with Gasteiger partial charge in [-0.25, -0.2) is 5.43 Å². The molecule has 2 N–H and O–H groups in total. The molecule has 0 aliphatic rings. The maximum Gasteiger partial charge on any atom is 0.240 e. The highest BCUT2D eigenvalue weighted by Crippen LogP contribution is 2.19. The number of amides is 2. The molecule has 2 rings (SSSR count). The first-order chi connectivity index (χ1) is 12.4. The molecule has 5 nitrogen and oxygen atoms in total. The van der Waals surface area contributed by atoms with E-state index in [2.05, 4.69) is 15.8 Å². The molecular formula is C19H19Cl2N3O2. The monoisotopic (exact) mass is 391 g/mol. The molecule has 0 aliphatic heterocycles. The van der Waals surface area contributed by atoms with E-state index in [0.717, 1.165) is 16.8 Å². The zero-order chi connectivity index (χ0) is 19.1. The second-order valence-electron chi connectivity index (χ2n) is 5.75. The molecule has 0 aliphatic carbocycles. The number of nitrogens with zero attached hydrogens (tertiary/aromatic N) is 1. The van der Waals surface area contributed by atoms with Crippen molar-refractivity contribution in [3.05, 3.63) is 63.1 Å². The molecular weight excluding hydrogens is 373 g/mol. The molecule has 7 heteroatoms. The van der Waals surface area contributed by atoms with Crippen LogP contribution in [0.3, 0.4) is 0 Å². The minimum Gasteiger partial charge on any atom is -0.326 e. The molecule has 0 saturated carbocycles. The Kier molecular flexibility index (Phi) is 7.18. The first-order valence-corrected chi connectivity index (χ1v) is 8.75. The van der Waals surface area contributed by atoms with E-state index >= 15 is 0 Å². The number of rotatable bonds is 6. The third kappa shape index (κ3) is 5.86. The summed E-state index contributed by atoms with van der Waals surface area (Å²) in [5.74, 6) is -0.582. The highest BCUT2D eigenvalue weighted by Gasteiger charge is 2.09. The van der Waals surface area contributed by atoms with Gasteiger partial charge in [0.2, 0.25) is 11.8 Å². The van der Waals surface area contributed by atoms with Gasteiger partial charge in [-0.15, -0.1) is 0 Å². The van der Waals surface area contributed by atoms with Gasteiger partial charge >= 0.3 is 0 Å². The van der Waals surface area contributed by atoms with Crippen molar-refractivity contribution >= 4 is 46.9 Å². The van der Waals surface area contributed by atoms with E-state index < -0.39 is 0 Å². The van der Waals surface area contributed by atoms with E-state index in [1.54, 1.807) is 18.2 Å². The molecule has 0 unspecified atom stereocenters. The van der Waals surface area contributed by atoms with E-state index in [-0.39, 0.29) is 24.7 Å². The molecule has 0 spiro atoms. The van der Waals surface area contributed by atoms with Crippen molar-refractivity contribution in [2.24, 2.45) is 5.10 Å². The molecule has 0 radical (unpaired) electrons. The third-order valence-corrected chi connectivity index (χ3v) is 4.38. The highest BCUT2D eigenvalue weighted by molar-refractivity contribution is 6.36. The van der Waals surface area contributed by atoms with Crippen molar-refractivity contribution < 1.29 is 9.59 Å². The second kappa shape index (κ2) is 9.36. The van der Waals surface area contributed by atoms with E-state index in [9.17, 15) is 9.59 Å². The SMILES string of the molecule is Cc1cccc(NC(=O)CCC(=O)N/N=C/c2ccc(Cl)cc2Cl)c1C. The number of benzene rings is 2. The van der Waals surface area contributed by atoms with Crippen LogP contribution in [0.4, 0.5) is 5.69 Å². The third-order valence-electron chi connectivity index (χ3n) is 3.81. The van der Waals surface area contributed by atoms with E-state index in [1.165, 1.54) is 6.21 Å². The van der Waals surface area contributed by atoms with Crippen molar-refractivity contribution in [2.45, 2.75) is 26.7 Å². The van der Waals surface area contributed by atoms with Gasteiger partial charge in [0.05, 0.1) is 11.2 Å². The first-order valence-electron chi connectivity index (χ1n) is 8.00. The number of nitrogens with one attached hydrogen (secondary N) is 2. The van der Waals surface area contributed by atoms with Gasteiger partial charge < -0.3 is 5.32 Å². The number of hydrogen-bond acceptors (Lipinski definition) is 3. The van der Waals surface area contributed by atoms with Crippen LogP contribution >= 0.6 is 23.2 Å². The fourth-order valence-corrected chi connectivity index (χ4v) is 2.62. The molecule has 0 heterocycles. The lowest BCUT2D eigenvalue weighted by Gasteiger charge is -2.10. The van der Waals surface area contributed by atoms with E-state index in [4.69, 9.17) is 23.2 Å². The fraction of sp³-hybridized carbons (Fsp3) is 0.211. The Hall–Kier alpha value is -2.37. The van der Waals surface area contributed by atoms with Crippen molar-refractivity contribution in [1.82, 2.24) is 5.43 Å². The summed E-state index contributed by atoms with van der Waals surface area (Å²) >= 11 is 11.8. The number of carbonyl (C=O) groups is 2.